The summed E-state index contributed by atoms with van der Waals surface area (Å²) < 4.78 is 2.45. The lowest BCUT2D eigenvalue weighted by atomic mass is 9.92. The van der Waals surface area contributed by atoms with Gasteiger partial charge in [-0.05, 0) is 99.6 Å². The Hall–Kier alpha value is -7.42. The summed E-state index contributed by atoms with van der Waals surface area (Å²) in [4.78, 5) is 2.36. The van der Waals surface area contributed by atoms with Crippen molar-refractivity contribution in [1.82, 2.24) is 4.57 Å². The van der Waals surface area contributed by atoms with Crippen LogP contribution in [0.1, 0.15) is 0 Å². The highest BCUT2D eigenvalue weighted by atomic mass is 15.1. The van der Waals surface area contributed by atoms with Gasteiger partial charge in [-0.2, -0.15) is 0 Å². The maximum atomic E-state index is 2.45. The Morgan fingerprint density at radius 2 is 0.768 bits per heavy atom. The van der Waals surface area contributed by atoms with Crippen LogP contribution < -0.4 is 4.90 Å². The molecule has 0 saturated carbocycles. The first-order valence-electron chi connectivity index (χ1n) is 19.2. The molecule has 0 aliphatic carbocycles. The maximum absolute atomic E-state index is 2.45. The predicted molar refractivity (Wildman–Crippen MR) is 237 cm³/mol. The lowest BCUT2D eigenvalue weighted by molar-refractivity contribution is 1.18. The lowest BCUT2D eigenvalue weighted by Gasteiger charge is -2.28. The minimum atomic E-state index is 1.11. The van der Waals surface area contributed by atoms with Crippen molar-refractivity contribution in [2.75, 3.05) is 4.90 Å². The normalized spacial score (nSPS) is 11.2. The van der Waals surface area contributed by atoms with Crippen molar-refractivity contribution in [3.05, 3.63) is 231 Å². The van der Waals surface area contributed by atoms with Crippen LogP contribution in [0.25, 0.3) is 72.0 Å². The number of anilines is 3. The Morgan fingerprint density at radius 3 is 1.39 bits per heavy atom. The van der Waals surface area contributed by atoms with Crippen LogP contribution in [0.2, 0.25) is 0 Å². The van der Waals surface area contributed by atoms with Gasteiger partial charge in [0.15, 0.2) is 0 Å². The first kappa shape index (κ1) is 33.2. The van der Waals surface area contributed by atoms with Gasteiger partial charge in [0.25, 0.3) is 0 Å². The van der Waals surface area contributed by atoms with Crippen molar-refractivity contribution in [3.8, 4) is 50.2 Å². The van der Waals surface area contributed by atoms with E-state index in [9.17, 15) is 0 Å². The second-order valence-electron chi connectivity index (χ2n) is 14.2. The summed E-state index contributed by atoms with van der Waals surface area (Å²) in [6.45, 7) is 0. The topological polar surface area (TPSA) is 8.17 Å². The van der Waals surface area contributed by atoms with Gasteiger partial charge in [-0.1, -0.05) is 170 Å². The average molecular weight is 715 g/mol. The summed E-state index contributed by atoms with van der Waals surface area (Å²) in [5.74, 6) is 0. The van der Waals surface area contributed by atoms with E-state index in [0.717, 1.165) is 22.7 Å². The molecule has 2 heteroatoms. The van der Waals surface area contributed by atoms with Crippen molar-refractivity contribution >= 4 is 38.9 Å². The zero-order valence-electron chi connectivity index (χ0n) is 30.8. The number of hydrogen-bond donors (Lipinski definition) is 0. The lowest BCUT2D eigenvalue weighted by Crippen LogP contribution is -2.11. The molecule has 0 fully saturated rings. The van der Waals surface area contributed by atoms with E-state index in [1.54, 1.807) is 0 Å². The Balaban J connectivity index is 1.18. The van der Waals surface area contributed by atoms with E-state index in [0.29, 0.717) is 0 Å². The molecule has 2 nitrogen and oxygen atoms in total. The van der Waals surface area contributed by atoms with E-state index in [1.807, 2.05) is 0 Å². The molecule has 1 aromatic heterocycles. The van der Waals surface area contributed by atoms with E-state index in [1.165, 1.54) is 66.3 Å². The van der Waals surface area contributed by atoms with Gasteiger partial charge in [-0.25, -0.2) is 0 Å². The quantitative estimate of drug-likeness (QED) is 0.152. The van der Waals surface area contributed by atoms with Gasteiger partial charge in [0, 0.05) is 33.4 Å². The van der Waals surface area contributed by atoms with Crippen LogP contribution in [0.3, 0.4) is 0 Å². The number of nitrogens with zero attached hydrogens (tertiary/aromatic N) is 2. The van der Waals surface area contributed by atoms with Crippen LogP contribution in [0.15, 0.2) is 231 Å². The largest absolute Gasteiger partial charge is 0.310 e. The van der Waals surface area contributed by atoms with Gasteiger partial charge < -0.3 is 9.47 Å². The van der Waals surface area contributed by atoms with Crippen LogP contribution in [-0.4, -0.2) is 4.57 Å². The molecule has 0 spiro atoms. The molecule has 0 amide bonds. The number of fused-ring (bicyclic) bond motifs is 3. The van der Waals surface area contributed by atoms with Gasteiger partial charge in [0.2, 0.25) is 0 Å². The van der Waals surface area contributed by atoms with Crippen LogP contribution in [0.4, 0.5) is 17.1 Å². The third-order valence-corrected chi connectivity index (χ3v) is 10.8. The number of aromatic nitrogens is 1. The summed E-state index contributed by atoms with van der Waals surface area (Å²) in [6, 6.07) is 83.1. The number of hydrogen-bond acceptors (Lipinski definition) is 1. The molecule has 0 N–H and O–H groups in total. The first-order chi connectivity index (χ1) is 27.8. The summed E-state index contributed by atoms with van der Waals surface area (Å²) in [7, 11) is 0. The zero-order valence-corrected chi connectivity index (χ0v) is 30.8. The molecular weight excluding hydrogens is 677 g/mol. The van der Waals surface area contributed by atoms with Gasteiger partial charge in [0.05, 0.1) is 16.7 Å². The van der Waals surface area contributed by atoms with Crippen molar-refractivity contribution in [1.29, 1.82) is 0 Å². The molecule has 0 aliphatic rings. The Kier molecular flexibility index (Phi) is 8.55. The van der Waals surface area contributed by atoms with E-state index in [4.69, 9.17) is 0 Å². The van der Waals surface area contributed by atoms with Crippen LogP contribution in [0.5, 0.6) is 0 Å². The SMILES string of the molecule is c1ccc(-c2cc(-c3ccccc3)cc(-n3c4ccccc4c4ccc(-c5ccccc5-c5ccccc5N(c5ccccc5)c5ccccc5)cc43)c2)cc1. The van der Waals surface area contributed by atoms with Crippen molar-refractivity contribution in [2.24, 2.45) is 0 Å². The molecule has 0 radical (unpaired) electrons. The molecule has 0 bridgehead atoms. The van der Waals surface area contributed by atoms with Crippen molar-refractivity contribution in [2.45, 2.75) is 0 Å². The molecule has 0 aliphatic heterocycles. The molecule has 56 heavy (non-hydrogen) atoms. The van der Waals surface area contributed by atoms with Gasteiger partial charge in [0.1, 0.15) is 0 Å². The summed E-state index contributed by atoms with van der Waals surface area (Å²) in [5.41, 5.74) is 16.3. The van der Waals surface area contributed by atoms with Gasteiger partial charge in [-0.15, -0.1) is 0 Å². The zero-order chi connectivity index (χ0) is 37.3. The molecule has 0 unspecified atom stereocenters. The predicted octanol–water partition coefficient (Wildman–Crippen LogP) is 14.9. The van der Waals surface area contributed by atoms with Crippen LogP contribution in [0, 0.1) is 0 Å². The minimum Gasteiger partial charge on any atom is -0.310 e. The second-order valence-corrected chi connectivity index (χ2v) is 14.2. The highest BCUT2D eigenvalue weighted by Gasteiger charge is 2.20. The Labute approximate surface area is 327 Å². The third-order valence-electron chi connectivity index (χ3n) is 10.8. The molecule has 9 aromatic carbocycles. The van der Waals surface area contributed by atoms with Crippen molar-refractivity contribution < 1.29 is 0 Å². The number of rotatable bonds is 8. The highest BCUT2D eigenvalue weighted by Crippen LogP contribution is 2.44. The van der Waals surface area contributed by atoms with E-state index < -0.39 is 0 Å². The fourth-order valence-corrected chi connectivity index (χ4v) is 8.20. The van der Waals surface area contributed by atoms with Gasteiger partial charge >= 0.3 is 0 Å². The third kappa shape index (κ3) is 6.04. The second kappa shape index (κ2) is 14.4. The van der Waals surface area contributed by atoms with Crippen LogP contribution >= 0.6 is 0 Å². The molecule has 10 aromatic rings. The molecule has 10 rings (SSSR count). The average Bonchev–Trinajstić information content (AvgIpc) is 3.61. The maximum Gasteiger partial charge on any atom is 0.0547 e. The van der Waals surface area contributed by atoms with E-state index in [2.05, 4.69) is 240 Å². The Morgan fingerprint density at radius 1 is 0.286 bits per heavy atom. The van der Waals surface area contributed by atoms with Gasteiger partial charge in [-0.3, -0.25) is 0 Å². The molecule has 0 saturated heterocycles. The van der Waals surface area contributed by atoms with Crippen molar-refractivity contribution in [3.63, 3.8) is 0 Å². The smallest absolute Gasteiger partial charge is 0.0547 e. The fourth-order valence-electron chi connectivity index (χ4n) is 8.20. The van der Waals surface area contributed by atoms with Crippen LogP contribution in [-0.2, 0) is 0 Å². The molecule has 0 atom stereocenters. The summed E-state index contributed by atoms with van der Waals surface area (Å²) in [5, 5.41) is 2.47. The Bertz CT molecular complexity index is 2850. The molecule has 264 valence electrons. The highest BCUT2D eigenvalue weighted by molar-refractivity contribution is 6.11. The van der Waals surface area contributed by atoms with E-state index >= 15 is 0 Å². The molecule has 1 heterocycles. The minimum absolute atomic E-state index is 1.11. The monoisotopic (exact) mass is 714 g/mol. The fraction of sp³-hybridized carbons (Fsp3) is 0. The summed E-state index contributed by atoms with van der Waals surface area (Å²) >= 11 is 0. The first-order valence-corrected chi connectivity index (χ1v) is 19.2. The number of para-hydroxylation sites is 4. The standard InChI is InChI=1S/C54H38N2/c1-5-19-39(20-6-1)42-35-43(40-21-7-2-8-22-40)37-46(36-42)56-53-32-18-16-30-50(53)51-34-33-41(38-54(51)56)47-27-13-14-28-48(47)49-29-15-17-31-52(49)55(44-23-9-3-10-24-44)45-25-11-4-12-26-45/h1-38H. The summed E-state index contributed by atoms with van der Waals surface area (Å²) in [6.07, 6.45) is 0. The number of benzene rings is 9. The van der Waals surface area contributed by atoms with E-state index in [-0.39, 0.29) is 0 Å². The molecular formula is C54H38N2.